The zero-order valence-corrected chi connectivity index (χ0v) is 15.4. The summed E-state index contributed by atoms with van der Waals surface area (Å²) in [5, 5.41) is 10.9. The lowest BCUT2D eigenvalue weighted by atomic mass is 10.1. The predicted octanol–water partition coefficient (Wildman–Crippen LogP) is 5.53. The van der Waals surface area contributed by atoms with Crippen molar-refractivity contribution in [2.75, 3.05) is 16.0 Å². The van der Waals surface area contributed by atoms with Crippen molar-refractivity contribution < 1.29 is 0 Å². The van der Waals surface area contributed by atoms with Crippen molar-refractivity contribution in [3.05, 3.63) is 121 Å². The molecule has 28 heavy (non-hydrogen) atoms. The largest absolute Gasteiger partial charge is 0.341 e. The van der Waals surface area contributed by atoms with Gasteiger partial charge in [0, 0.05) is 23.3 Å². The topological polar surface area (TPSA) is 49.0 Å². The maximum atomic E-state index is 4.65. The van der Waals surface area contributed by atoms with Gasteiger partial charge in [-0.1, -0.05) is 60.7 Å². The van der Waals surface area contributed by atoms with E-state index in [1.54, 1.807) is 6.20 Å². The normalized spacial score (nSPS) is 10.9. The zero-order valence-electron chi connectivity index (χ0n) is 15.4. The number of rotatable bonds is 7. The van der Waals surface area contributed by atoms with E-state index < -0.39 is 5.79 Å². The first-order valence-corrected chi connectivity index (χ1v) is 9.25. The Hall–Kier alpha value is -3.79. The van der Waals surface area contributed by atoms with Crippen LogP contribution in [-0.4, -0.2) is 4.98 Å². The molecule has 138 valence electrons. The molecule has 0 saturated heterocycles. The summed E-state index contributed by atoms with van der Waals surface area (Å²) in [6.45, 7) is 0. The minimum atomic E-state index is -0.856. The molecule has 0 unspecified atom stereocenters. The summed E-state index contributed by atoms with van der Waals surface area (Å²) in [6.07, 6.45) is 1.80. The number of nitrogens with zero attached hydrogens (tertiary/aromatic N) is 1. The minimum Gasteiger partial charge on any atom is -0.341 e. The van der Waals surface area contributed by atoms with Crippen LogP contribution in [0.4, 0.5) is 17.1 Å². The third-order valence-corrected chi connectivity index (χ3v) is 4.37. The molecule has 0 bridgehead atoms. The first-order valence-electron chi connectivity index (χ1n) is 9.25. The molecular formula is C24H22N4. The number of benzene rings is 3. The minimum absolute atomic E-state index is 0.826. The van der Waals surface area contributed by atoms with Crippen LogP contribution in [-0.2, 0) is 5.79 Å². The summed E-state index contributed by atoms with van der Waals surface area (Å²) in [5.41, 5.74) is 3.74. The molecule has 4 rings (SSSR count). The Morgan fingerprint density at radius 2 is 0.857 bits per heavy atom. The molecule has 4 nitrogen and oxygen atoms in total. The summed E-state index contributed by atoms with van der Waals surface area (Å²) in [4.78, 5) is 4.65. The third kappa shape index (κ3) is 4.13. The van der Waals surface area contributed by atoms with Crippen molar-refractivity contribution in [1.29, 1.82) is 0 Å². The molecule has 4 aromatic rings. The zero-order chi connectivity index (χ0) is 19.1. The van der Waals surface area contributed by atoms with E-state index in [0.717, 1.165) is 22.8 Å². The molecule has 0 radical (unpaired) electrons. The number of nitrogens with one attached hydrogen (secondary N) is 3. The molecule has 0 aliphatic carbocycles. The van der Waals surface area contributed by atoms with Gasteiger partial charge in [0.2, 0.25) is 5.79 Å². The third-order valence-electron chi connectivity index (χ3n) is 4.37. The second kappa shape index (κ2) is 8.27. The molecule has 0 aliphatic rings. The molecule has 0 fully saturated rings. The van der Waals surface area contributed by atoms with Gasteiger partial charge < -0.3 is 16.0 Å². The van der Waals surface area contributed by atoms with Gasteiger partial charge in [-0.15, -0.1) is 0 Å². The molecule has 0 atom stereocenters. The van der Waals surface area contributed by atoms with Gasteiger partial charge in [0.05, 0.1) is 0 Å². The second-order valence-electron chi connectivity index (χ2n) is 6.44. The molecule has 0 amide bonds. The molecule has 3 N–H and O–H groups in total. The summed E-state index contributed by atoms with van der Waals surface area (Å²) in [5.74, 6) is -0.856. The van der Waals surface area contributed by atoms with E-state index in [1.807, 2.05) is 109 Å². The van der Waals surface area contributed by atoms with E-state index in [9.17, 15) is 0 Å². The average Bonchev–Trinajstić information content (AvgIpc) is 2.76. The van der Waals surface area contributed by atoms with Crippen LogP contribution < -0.4 is 16.0 Å². The van der Waals surface area contributed by atoms with Crippen molar-refractivity contribution in [2.24, 2.45) is 0 Å². The summed E-state index contributed by atoms with van der Waals surface area (Å²) >= 11 is 0. The fourth-order valence-electron chi connectivity index (χ4n) is 3.08. The van der Waals surface area contributed by atoms with Gasteiger partial charge in [0.1, 0.15) is 5.69 Å². The quantitative estimate of drug-likeness (QED) is 0.377. The lowest BCUT2D eigenvalue weighted by Crippen LogP contribution is -2.50. The Labute approximate surface area is 165 Å². The lowest BCUT2D eigenvalue weighted by molar-refractivity contribution is 0.624. The standard InChI is InChI=1S/C24H22N4/c1-4-12-20(13-5-1)26-24(23-18-10-11-19-25-23,27-21-14-6-2-7-15-21)28-22-16-8-3-9-17-22/h1-19,26-28H. The van der Waals surface area contributed by atoms with Gasteiger partial charge in [-0.05, 0) is 48.5 Å². The Morgan fingerprint density at radius 1 is 0.464 bits per heavy atom. The first-order chi connectivity index (χ1) is 13.8. The van der Waals surface area contributed by atoms with Crippen LogP contribution in [0.1, 0.15) is 5.69 Å². The van der Waals surface area contributed by atoms with Crippen LogP contribution in [0.5, 0.6) is 0 Å². The van der Waals surface area contributed by atoms with Crippen LogP contribution in [0.2, 0.25) is 0 Å². The highest BCUT2D eigenvalue weighted by molar-refractivity contribution is 5.59. The van der Waals surface area contributed by atoms with E-state index in [1.165, 1.54) is 0 Å². The van der Waals surface area contributed by atoms with E-state index in [0.29, 0.717) is 0 Å². The van der Waals surface area contributed by atoms with Crippen molar-refractivity contribution in [1.82, 2.24) is 4.98 Å². The highest BCUT2D eigenvalue weighted by atomic mass is 15.4. The smallest absolute Gasteiger partial charge is 0.230 e. The predicted molar refractivity (Wildman–Crippen MR) is 116 cm³/mol. The lowest BCUT2D eigenvalue weighted by Gasteiger charge is -2.38. The van der Waals surface area contributed by atoms with E-state index in [4.69, 9.17) is 0 Å². The second-order valence-corrected chi connectivity index (χ2v) is 6.44. The Morgan fingerprint density at radius 3 is 1.21 bits per heavy atom. The van der Waals surface area contributed by atoms with Crippen molar-refractivity contribution in [2.45, 2.75) is 5.79 Å². The molecule has 0 spiro atoms. The highest BCUT2D eigenvalue weighted by Gasteiger charge is 2.34. The summed E-state index contributed by atoms with van der Waals surface area (Å²) in [7, 11) is 0. The van der Waals surface area contributed by atoms with Gasteiger partial charge in [0.25, 0.3) is 0 Å². The number of para-hydroxylation sites is 3. The number of aromatic nitrogens is 1. The summed E-state index contributed by atoms with van der Waals surface area (Å²) in [6, 6.07) is 36.2. The monoisotopic (exact) mass is 366 g/mol. The van der Waals surface area contributed by atoms with Crippen LogP contribution in [0.3, 0.4) is 0 Å². The molecule has 1 aromatic heterocycles. The summed E-state index contributed by atoms with van der Waals surface area (Å²) < 4.78 is 0. The van der Waals surface area contributed by atoms with Gasteiger partial charge in [-0.3, -0.25) is 4.98 Å². The van der Waals surface area contributed by atoms with Gasteiger partial charge in [-0.2, -0.15) is 0 Å². The molecule has 0 saturated carbocycles. The van der Waals surface area contributed by atoms with Crippen LogP contribution in [0, 0.1) is 0 Å². The molecule has 1 heterocycles. The maximum absolute atomic E-state index is 4.65. The van der Waals surface area contributed by atoms with E-state index >= 15 is 0 Å². The number of pyridine rings is 1. The Balaban J connectivity index is 1.82. The average molecular weight is 366 g/mol. The van der Waals surface area contributed by atoms with Crippen molar-refractivity contribution >= 4 is 17.1 Å². The fraction of sp³-hybridized carbons (Fsp3) is 0.0417. The SMILES string of the molecule is c1ccc(NC(Nc2ccccc2)(Nc2ccccc2)c2ccccn2)cc1. The van der Waals surface area contributed by atoms with Crippen LogP contribution in [0.25, 0.3) is 0 Å². The molecular weight excluding hydrogens is 344 g/mol. The Kier molecular flexibility index (Phi) is 5.20. The van der Waals surface area contributed by atoms with Gasteiger partial charge in [0.15, 0.2) is 0 Å². The number of hydrogen-bond acceptors (Lipinski definition) is 4. The molecule has 4 heteroatoms. The van der Waals surface area contributed by atoms with E-state index in [-0.39, 0.29) is 0 Å². The first kappa shape index (κ1) is 17.6. The van der Waals surface area contributed by atoms with E-state index in [2.05, 4.69) is 20.9 Å². The van der Waals surface area contributed by atoms with Gasteiger partial charge in [-0.25, -0.2) is 0 Å². The molecule has 3 aromatic carbocycles. The van der Waals surface area contributed by atoms with Crippen molar-refractivity contribution in [3.8, 4) is 0 Å². The Bertz CT molecular complexity index is 873. The molecule has 0 aliphatic heterocycles. The maximum Gasteiger partial charge on any atom is 0.230 e. The number of anilines is 3. The van der Waals surface area contributed by atoms with Gasteiger partial charge >= 0.3 is 0 Å². The highest BCUT2D eigenvalue weighted by Crippen LogP contribution is 2.29. The van der Waals surface area contributed by atoms with Crippen molar-refractivity contribution in [3.63, 3.8) is 0 Å². The number of hydrogen-bond donors (Lipinski definition) is 3. The van der Waals surface area contributed by atoms with Crippen LogP contribution in [0.15, 0.2) is 115 Å². The van der Waals surface area contributed by atoms with Crippen LogP contribution >= 0.6 is 0 Å². The fourth-order valence-corrected chi connectivity index (χ4v) is 3.08.